The summed E-state index contributed by atoms with van der Waals surface area (Å²) in [6.07, 6.45) is 2.31. The Labute approximate surface area is 169 Å². The van der Waals surface area contributed by atoms with Gasteiger partial charge in [0.15, 0.2) is 5.82 Å². The molecule has 0 aliphatic carbocycles. The average Bonchev–Trinajstić information content (AvgIpc) is 3.36. The van der Waals surface area contributed by atoms with Crippen molar-refractivity contribution in [1.82, 2.24) is 15.1 Å². The topological polar surface area (TPSA) is 76.0 Å². The van der Waals surface area contributed by atoms with E-state index in [2.05, 4.69) is 46.9 Å². The zero-order chi connectivity index (χ0) is 20.2. The highest BCUT2D eigenvalue weighted by atomic mass is 16.2. The van der Waals surface area contributed by atoms with E-state index >= 15 is 0 Å². The number of aryl methyl sites for hydroxylation is 1. The maximum absolute atomic E-state index is 12.5. The molecule has 2 N–H and O–H groups in total. The Balaban J connectivity index is 1.69. The van der Waals surface area contributed by atoms with Crippen LogP contribution < -0.4 is 10.6 Å². The van der Waals surface area contributed by atoms with Gasteiger partial charge in [0.05, 0.1) is 17.3 Å². The van der Waals surface area contributed by atoms with Gasteiger partial charge in [0, 0.05) is 24.6 Å². The van der Waals surface area contributed by atoms with E-state index < -0.39 is 0 Å². The van der Waals surface area contributed by atoms with Crippen LogP contribution in [0.3, 0.4) is 0 Å². The number of amides is 2. The first-order valence-corrected chi connectivity index (χ1v) is 9.96. The van der Waals surface area contributed by atoms with Crippen molar-refractivity contribution < 1.29 is 9.59 Å². The second-order valence-electron chi connectivity index (χ2n) is 7.31. The van der Waals surface area contributed by atoms with E-state index in [1.165, 1.54) is 5.56 Å². The molecule has 1 atom stereocenters. The van der Waals surface area contributed by atoms with Crippen LogP contribution in [0.1, 0.15) is 25.3 Å². The van der Waals surface area contributed by atoms with Crippen LogP contribution in [0.4, 0.5) is 5.82 Å². The van der Waals surface area contributed by atoms with Crippen LogP contribution in [0, 0.1) is 5.92 Å². The van der Waals surface area contributed by atoms with Gasteiger partial charge in [-0.3, -0.25) is 9.59 Å². The summed E-state index contributed by atoms with van der Waals surface area (Å²) in [5, 5.41) is 10.2. The van der Waals surface area contributed by atoms with Crippen LogP contribution in [-0.2, 0) is 16.0 Å². The van der Waals surface area contributed by atoms with Crippen molar-refractivity contribution in [2.24, 2.45) is 5.92 Å². The number of carbonyl (C=O) groups excluding carboxylic acids is 2. The lowest BCUT2D eigenvalue weighted by molar-refractivity contribution is -0.123. The van der Waals surface area contributed by atoms with Crippen LogP contribution in [-0.4, -0.2) is 28.1 Å². The van der Waals surface area contributed by atoms with Gasteiger partial charge >= 0.3 is 0 Å². The molecule has 2 aromatic carbocycles. The van der Waals surface area contributed by atoms with Crippen molar-refractivity contribution in [2.75, 3.05) is 11.9 Å². The third kappa shape index (κ3) is 4.21. The summed E-state index contributed by atoms with van der Waals surface area (Å²) in [7, 11) is 0. The monoisotopic (exact) mass is 388 g/mol. The van der Waals surface area contributed by atoms with Gasteiger partial charge in [-0.2, -0.15) is 0 Å². The fourth-order valence-electron chi connectivity index (χ4n) is 3.61. The molecule has 0 spiro atoms. The highest BCUT2D eigenvalue weighted by Crippen LogP contribution is 2.27. The molecule has 0 bridgehead atoms. The second kappa shape index (κ2) is 8.31. The maximum atomic E-state index is 12.5. The molecule has 1 saturated heterocycles. The maximum Gasteiger partial charge on any atom is 0.230 e. The number of hydrogen-bond acceptors (Lipinski definition) is 3. The van der Waals surface area contributed by atoms with Crippen LogP contribution in [0.15, 0.2) is 60.7 Å². The summed E-state index contributed by atoms with van der Waals surface area (Å²) in [6, 6.07) is 20.1. The quantitative estimate of drug-likeness (QED) is 0.678. The summed E-state index contributed by atoms with van der Waals surface area (Å²) in [4.78, 5) is 24.0. The predicted octanol–water partition coefficient (Wildman–Crippen LogP) is 3.57. The third-order valence-corrected chi connectivity index (χ3v) is 5.07. The molecule has 29 heavy (non-hydrogen) atoms. The Hall–Kier alpha value is -3.41. The molecule has 1 fully saturated rings. The van der Waals surface area contributed by atoms with Crippen molar-refractivity contribution in [1.29, 1.82) is 0 Å². The molecule has 1 aliphatic rings. The molecule has 1 aromatic heterocycles. The van der Waals surface area contributed by atoms with Gasteiger partial charge in [0.1, 0.15) is 0 Å². The number of anilines is 1. The molecular weight excluding hydrogens is 364 g/mol. The van der Waals surface area contributed by atoms with E-state index in [1.807, 2.05) is 41.1 Å². The van der Waals surface area contributed by atoms with Crippen LogP contribution in [0.25, 0.3) is 16.9 Å². The second-order valence-corrected chi connectivity index (χ2v) is 7.31. The molecule has 1 aliphatic heterocycles. The molecule has 148 valence electrons. The minimum atomic E-state index is -0.360. The fourth-order valence-corrected chi connectivity index (χ4v) is 3.61. The van der Waals surface area contributed by atoms with E-state index in [1.54, 1.807) is 0 Å². The van der Waals surface area contributed by atoms with Crippen molar-refractivity contribution in [3.8, 4) is 16.9 Å². The molecule has 3 aromatic rings. The van der Waals surface area contributed by atoms with Crippen molar-refractivity contribution in [2.45, 2.75) is 26.2 Å². The first-order chi connectivity index (χ1) is 14.1. The summed E-state index contributed by atoms with van der Waals surface area (Å²) in [5.41, 5.74) is 4.14. The van der Waals surface area contributed by atoms with E-state index in [-0.39, 0.29) is 24.2 Å². The molecule has 6 nitrogen and oxygen atoms in total. The lowest BCUT2D eigenvalue weighted by atomic mass is 10.0. The number of aromatic nitrogens is 2. The largest absolute Gasteiger partial charge is 0.355 e. The SMILES string of the molecule is CCCc1cccc(-c2cc(NC(=O)[C@@H]3CNC(=O)C3)nn2-c2ccccc2)c1. The average molecular weight is 388 g/mol. The Kier molecular flexibility index (Phi) is 5.42. The van der Waals surface area contributed by atoms with Gasteiger partial charge in [0.25, 0.3) is 0 Å². The molecule has 0 radical (unpaired) electrons. The number of para-hydroxylation sites is 1. The Bertz CT molecular complexity index is 1030. The summed E-state index contributed by atoms with van der Waals surface area (Å²) in [6.45, 7) is 2.53. The van der Waals surface area contributed by atoms with Crippen molar-refractivity contribution in [3.05, 3.63) is 66.2 Å². The zero-order valence-corrected chi connectivity index (χ0v) is 16.4. The number of hydrogen-bond donors (Lipinski definition) is 2. The number of nitrogens with zero attached hydrogens (tertiary/aromatic N) is 2. The van der Waals surface area contributed by atoms with Gasteiger partial charge in [-0.15, -0.1) is 5.10 Å². The molecule has 0 unspecified atom stereocenters. The van der Waals surface area contributed by atoms with Crippen LogP contribution in [0.5, 0.6) is 0 Å². The fraction of sp³-hybridized carbons (Fsp3) is 0.261. The van der Waals surface area contributed by atoms with Crippen molar-refractivity contribution in [3.63, 3.8) is 0 Å². The van der Waals surface area contributed by atoms with Gasteiger partial charge in [-0.25, -0.2) is 4.68 Å². The Morgan fingerprint density at radius 3 is 2.72 bits per heavy atom. The van der Waals surface area contributed by atoms with E-state index in [0.29, 0.717) is 12.4 Å². The number of rotatable bonds is 6. The minimum absolute atomic E-state index is 0.0895. The number of benzene rings is 2. The standard InChI is InChI=1S/C23H24N4O2/c1-2-7-16-8-6-9-17(12-16)20-14-21(25-23(29)18-13-22(28)24-15-18)26-27(20)19-10-4-3-5-11-19/h3-6,8-12,14,18H,2,7,13,15H2,1H3,(H,24,28)(H,25,26,29)/t18-/m0/s1. The van der Waals surface area contributed by atoms with Crippen LogP contribution in [0.2, 0.25) is 0 Å². The first kappa shape index (κ1) is 18.9. The number of nitrogens with one attached hydrogen (secondary N) is 2. The molecular formula is C23H24N4O2. The summed E-state index contributed by atoms with van der Waals surface area (Å²) >= 11 is 0. The van der Waals surface area contributed by atoms with Gasteiger partial charge in [-0.05, 0) is 30.2 Å². The molecule has 0 saturated carbocycles. The Morgan fingerprint density at radius 1 is 1.17 bits per heavy atom. The van der Waals surface area contributed by atoms with E-state index in [0.717, 1.165) is 29.8 Å². The summed E-state index contributed by atoms with van der Waals surface area (Å²) < 4.78 is 1.85. The highest BCUT2D eigenvalue weighted by Gasteiger charge is 2.28. The highest BCUT2D eigenvalue weighted by molar-refractivity contribution is 5.97. The Morgan fingerprint density at radius 2 is 2.00 bits per heavy atom. The smallest absolute Gasteiger partial charge is 0.230 e. The van der Waals surface area contributed by atoms with Gasteiger partial charge < -0.3 is 10.6 Å². The van der Waals surface area contributed by atoms with Gasteiger partial charge in [0.2, 0.25) is 11.8 Å². The molecule has 2 heterocycles. The number of carbonyl (C=O) groups is 2. The minimum Gasteiger partial charge on any atom is -0.355 e. The summed E-state index contributed by atoms with van der Waals surface area (Å²) in [5.74, 6) is -0.157. The van der Waals surface area contributed by atoms with Gasteiger partial charge in [-0.1, -0.05) is 49.7 Å². The van der Waals surface area contributed by atoms with E-state index in [9.17, 15) is 9.59 Å². The first-order valence-electron chi connectivity index (χ1n) is 9.96. The third-order valence-electron chi connectivity index (χ3n) is 5.07. The van der Waals surface area contributed by atoms with Crippen molar-refractivity contribution >= 4 is 17.6 Å². The van der Waals surface area contributed by atoms with Crippen LogP contribution >= 0.6 is 0 Å². The lowest BCUT2D eigenvalue weighted by Gasteiger charge is -2.09. The molecule has 4 rings (SSSR count). The lowest BCUT2D eigenvalue weighted by Crippen LogP contribution is -2.24. The molecule has 2 amide bonds. The predicted molar refractivity (Wildman–Crippen MR) is 113 cm³/mol. The molecule has 6 heteroatoms. The van der Waals surface area contributed by atoms with E-state index in [4.69, 9.17) is 0 Å². The normalized spacial score (nSPS) is 15.9. The zero-order valence-electron chi connectivity index (χ0n) is 16.4.